The minimum Gasteiger partial charge on any atom is -0.310 e. The quantitative estimate of drug-likeness (QED) is 0.749. The maximum Gasteiger partial charge on any atom is 0.0208 e. The van der Waals surface area contributed by atoms with E-state index < -0.39 is 0 Å². The summed E-state index contributed by atoms with van der Waals surface area (Å²) in [5.74, 6) is 1.57. The lowest BCUT2D eigenvalue weighted by atomic mass is 9.96. The van der Waals surface area contributed by atoms with Crippen molar-refractivity contribution in [2.45, 2.75) is 71.9 Å². The Labute approximate surface area is 125 Å². The molecule has 1 aromatic rings. The minimum atomic E-state index is 0.716. The summed E-state index contributed by atoms with van der Waals surface area (Å²) in [5.41, 5.74) is 2.89. The van der Waals surface area contributed by atoms with Gasteiger partial charge in [-0.2, -0.15) is 0 Å². The van der Waals surface area contributed by atoms with Gasteiger partial charge in [0.2, 0.25) is 0 Å². The maximum atomic E-state index is 3.79. The lowest BCUT2D eigenvalue weighted by Crippen LogP contribution is -2.33. The van der Waals surface area contributed by atoms with Gasteiger partial charge in [0.25, 0.3) is 0 Å². The molecule has 1 nitrogen and oxygen atoms in total. The van der Waals surface area contributed by atoms with Crippen LogP contribution in [0.1, 0.15) is 64.0 Å². The van der Waals surface area contributed by atoms with Gasteiger partial charge in [-0.25, -0.2) is 0 Å². The van der Waals surface area contributed by atoms with Crippen molar-refractivity contribution in [1.82, 2.24) is 5.32 Å². The van der Waals surface area contributed by atoms with Gasteiger partial charge in [-0.3, -0.25) is 0 Å². The highest BCUT2D eigenvalue weighted by molar-refractivity contribution is 5.22. The Kier molecular flexibility index (Phi) is 6.09. The van der Waals surface area contributed by atoms with Crippen molar-refractivity contribution in [3.8, 4) is 0 Å². The first-order valence-corrected chi connectivity index (χ1v) is 8.46. The Morgan fingerprint density at radius 3 is 2.35 bits per heavy atom. The summed E-state index contributed by atoms with van der Waals surface area (Å²) in [5, 5.41) is 3.79. The SMILES string of the molecule is CC(C)Cc1ccc(CNC2CCCCCC2C)cc1. The monoisotopic (exact) mass is 273 g/mol. The van der Waals surface area contributed by atoms with Crippen molar-refractivity contribution in [1.29, 1.82) is 0 Å². The Morgan fingerprint density at radius 1 is 1.00 bits per heavy atom. The molecule has 1 aliphatic rings. The Balaban J connectivity index is 1.83. The number of hydrogen-bond donors (Lipinski definition) is 1. The van der Waals surface area contributed by atoms with E-state index in [9.17, 15) is 0 Å². The molecule has 0 saturated heterocycles. The molecular weight excluding hydrogens is 242 g/mol. The van der Waals surface area contributed by atoms with Crippen LogP contribution in [0.2, 0.25) is 0 Å². The third kappa shape index (κ3) is 4.94. The van der Waals surface area contributed by atoms with Crippen molar-refractivity contribution in [3.63, 3.8) is 0 Å². The summed E-state index contributed by atoms with van der Waals surface area (Å²) >= 11 is 0. The fourth-order valence-electron chi connectivity index (χ4n) is 3.31. The zero-order valence-electron chi connectivity index (χ0n) is 13.5. The largest absolute Gasteiger partial charge is 0.310 e. The minimum absolute atomic E-state index is 0.716. The third-order valence-electron chi connectivity index (χ3n) is 4.60. The number of rotatable bonds is 5. The van der Waals surface area contributed by atoms with Gasteiger partial charge in [0, 0.05) is 12.6 Å². The molecule has 0 heterocycles. The number of hydrogen-bond acceptors (Lipinski definition) is 1. The van der Waals surface area contributed by atoms with E-state index in [-0.39, 0.29) is 0 Å². The second-order valence-corrected chi connectivity index (χ2v) is 7.02. The van der Waals surface area contributed by atoms with Crippen LogP contribution in [0.5, 0.6) is 0 Å². The molecule has 0 aromatic heterocycles. The molecule has 0 bridgehead atoms. The van der Waals surface area contributed by atoms with Gasteiger partial charge in [-0.1, -0.05) is 64.3 Å². The van der Waals surface area contributed by atoms with E-state index in [0.29, 0.717) is 6.04 Å². The van der Waals surface area contributed by atoms with E-state index in [1.807, 2.05) is 0 Å². The molecule has 1 N–H and O–H groups in total. The molecule has 0 spiro atoms. The highest BCUT2D eigenvalue weighted by Crippen LogP contribution is 2.23. The second kappa shape index (κ2) is 7.83. The van der Waals surface area contributed by atoms with Crippen LogP contribution in [-0.2, 0) is 13.0 Å². The van der Waals surface area contributed by atoms with E-state index in [2.05, 4.69) is 50.4 Å². The molecule has 1 aromatic carbocycles. The lowest BCUT2D eigenvalue weighted by Gasteiger charge is -2.23. The molecule has 1 heteroatoms. The van der Waals surface area contributed by atoms with Crippen LogP contribution in [-0.4, -0.2) is 6.04 Å². The first kappa shape index (κ1) is 15.6. The molecule has 0 aliphatic heterocycles. The van der Waals surface area contributed by atoms with Gasteiger partial charge >= 0.3 is 0 Å². The van der Waals surface area contributed by atoms with Crippen LogP contribution in [0.15, 0.2) is 24.3 Å². The molecule has 2 atom stereocenters. The molecule has 0 radical (unpaired) electrons. The summed E-state index contributed by atoms with van der Waals surface area (Å²) < 4.78 is 0. The fraction of sp³-hybridized carbons (Fsp3) is 0.684. The predicted molar refractivity (Wildman–Crippen MR) is 87.9 cm³/mol. The van der Waals surface area contributed by atoms with Crippen molar-refractivity contribution in [2.24, 2.45) is 11.8 Å². The number of nitrogens with one attached hydrogen (secondary N) is 1. The summed E-state index contributed by atoms with van der Waals surface area (Å²) in [6.07, 6.45) is 8.18. The molecule has 2 rings (SSSR count). The zero-order chi connectivity index (χ0) is 14.4. The topological polar surface area (TPSA) is 12.0 Å². The Morgan fingerprint density at radius 2 is 1.65 bits per heavy atom. The van der Waals surface area contributed by atoms with Crippen molar-refractivity contribution < 1.29 is 0 Å². The highest BCUT2D eigenvalue weighted by atomic mass is 14.9. The highest BCUT2D eigenvalue weighted by Gasteiger charge is 2.18. The molecule has 112 valence electrons. The standard InChI is InChI=1S/C19H31N/c1-15(2)13-17-9-11-18(12-10-17)14-20-19-8-6-4-5-7-16(19)3/h9-12,15-16,19-20H,4-8,13-14H2,1-3H3. The van der Waals surface area contributed by atoms with Gasteiger partial charge < -0.3 is 5.32 Å². The van der Waals surface area contributed by atoms with Crippen LogP contribution < -0.4 is 5.32 Å². The third-order valence-corrected chi connectivity index (χ3v) is 4.60. The first-order chi connectivity index (χ1) is 9.65. The predicted octanol–water partition coefficient (Wildman–Crippen LogP) is 4.94. The van der Waals surface area contributed by atoms with Crippen LogP contribution in [0, 0.1) is 11.8 Å². The van der Waals surface area contributed by atoms with Gasteiger partial charge in [0.1, 0.15) is 0 Å². The number of benzene rings is 1. The average Bonchev–Trinajstić information content (AvgIpc) is 2.62. The summed E-state index contributed by atoms with van der Waals surface area (Å²) in [6, 6.07) is 9.91. The van der Waals surface area contributed by atoms with Crippen LogP contribution in [0.3, 0.4) is 0 Å². The van der Waals surface area contributed by atoms with Crippen LogP contribution >= 0.6 is 0 Å². The lowest BCUT2D eigenvalue weighted by molar-refractivity contribution is 0.356. The van der Waals surface area contributed by atoms with Crippen molar-refractivity contribution in [3.05, 3.63) is 35.4 Å². The Hall–Kier alpha value is -0.820. The van der Waals surface area contributed by atoms with Gasteiger partial charge in [-0.05, 0) is 42.2 Å². The van der Waals surface area contributed by atoms with Gasteiger partial charge in [0.15, 0.2) is 0 Å². The summed E-state index contributed by atoms with van der Waals surface area (Å²) in [6.45, 7) is 8.00. The molecule has 2 unspecified atom stereocenters. The summed E-state index contributed by atoms with van der Waals surface area (Å²) in [4.78, 5) is 0. The van der Waals surface area contributed by atoms with Crippen LogP contribution in [0.25, 0.3) is 0 Å². The molecule has 1 aliphatic carbocycles. The molecule has 20 heavy (non-hydrogen) atoms. The molecule has 1 saturated carbocycles. The molecule has 1 fully saturated rings. The zero-order valence-corrected chi connectivity index (χ0v) is 13.5. The van der Waals surface area contributed by atoms with E-state index >= 15 is 0 Å². The maximum absolute atomic E-state index is 3.79. The van der Waals surface area contributed by atoms with E-state index in [1.165, 1.54) is 49.7 Å². The van der Waals surface area contributed by atoms with Gasteiger partial charge in [0.05, 0.1) is 0 Å². The molecular formula is C19H31N. The summed E-state index contributed by atoms with van der Waals surface area (Å²) in [7, 11) is 0. The molecule has 0 amide bonds. The fourth-order valence-corrected chi connectivity index (χ4v) is 3.31. The average molecular weight is 273 g/mol. The smallest absolute Gasteiger partial charge is 0.0208 e. The van der Waals surface area contributed by atoms with Crippen LogP contribution in [0.4, 0.5) is 0 Å². The van der Waals surface area contributed by atoms with Crippen molar-refractivity contribution >= 4 is 0 Å². The Bertz CT molecular complexity index is 379. The normalized spacial score (nSPS) is 23.8. The van der Waals surface area contributed by atoms with E-state index in [4.69, 9.17) is 0 Å². The second-order valence-electron chi connectivity index (χ2n) is 7.02. The van der Waals surface area contributed by atoms with Gasteiger partial charge in [-0.15, -0.1) is 0 Å². The van der Waals surface area contributed by atoms with Crippen molar-refractivity contribution in [2.75, 3.05) is 0 Å². The first-order valence-electron chi connectivity index (χ1n) is 8.46. The van der Waals surface area contributed by atoms with E-state index in [0.717, 1.165) is 18.4 Å². The van der Waals surface area contributed by atoms with E-state index in [1.54, 1.807) is 0 Å².